The van der Waals surface area contributed by atoms with Crippen molar-refractivity contribution in [2.45, 2.75) is 38.1 Å². The molecule has 2 heteroatoms. The van der Waals surface area contributed by atoms with Crippen LogP contribution in [0.4, 0.5) is 0 Å². The van der Waals surface area contributed by atoms with E-state index in [1.807, 2.05) is 13.1 Å². The highest BCUT2D eigenvalue weighted by molar-refractivity contribution is 5.34. The molecular weight excluding hydrogens is 234 g/mol. The highest BCUT2D eigenvalue weighted by Gasteiger charge is 2.21. The Morgan fingerprint density at radius 2 is 1.89 bits per heavy atom. The first-order chi connectivity index (χ1) is 9.29. The van der Waals surface area contributed by atoms with Crippen LogP contribution >= 0.6 is 0 Å². The van der Waals surface area contributed by atoms with E-state index < -0.39 is 0 Å². The van der Waals surface area contributed by atoms with E-state index in [9.17, 15) is 0 Å². The summed E-state index contributed by atoms with van der Waals surface area (Å²) in [5, 5.41) is 3.34. The third-order valence-electron chi connectivity index (χ3n) is 4.30. The average Bonchev–Trinajstić information content (AvgIpc) is 2.77. The average molecular weight is 255 g/mol. The normalized spacial score (nSPS) is 17.2. The Morgan fingerprint density at radius 3 is 2.37 bits per heavy atom. The molecule has 19 heavy (non-hydrogen) atoms. The van der Waals surface area contributed by atoms with E-state index in [0.717, 1.165) is 11.7 Å². The van der Waals surface area contributed by atoms with Crippen molar-refractivity contribution in [1.82, 2.24) is 5.32 Å². The second kappa shape index (κ2) is 5.22. The van der Waals surface area contributed by atoms with Crippen molar-refractivity contribution in [3.63, 3.8) is 0 Å². The molecule has 0 aliphatic heterocycles. The minimum Gasteiger partial charge on any atom is -0.467 e. The standard InChI is InChI=1S/C17H21NO/c1-12-10-11-19-17(12)16(18-2)15-8-6-14(7-9-15)13-4-3-5-13/h6-11,13,16,18H,3-5H2,1-2H3. The van der Waals surface area contributed by atoms with Crippen LogP contribution in [0.1, 0.15) is 53.7 Å². The van der Waals surface area contributed by atoms with Gasteiger partial charge in [0.2, 0.25) is 0 Å². The SMILES string of the molecule is CNC(c1ccc(C2CCC2)cc1)c1occc1C. The van der Waals surface area contributed by atoms with Gasteiger partial charge >= 0.3 is 0 Å². The van der Waals surface area contributed by atoms with Crippen molar-refractivity contribution in [2.24, 2.45) is 0 Å². The van der Waals surface area contributed by atoms with Crippen LogP contribution in [0.5, 0.6) is 0 Å². The Bertz CT molecular complexity index is 537. The fourth-order valence-corrected chi connectivity index (χ4v) is 2.83. The first kappa shape index (κ1) is 12.5. The van der Waals surface area contributed by atoms with Crippen LogP contribution in [0, 0.1) is 6.92 Å². The van der Waals surface area contributed by atoms with Crippen LogP contribution in [-0.4, -0.2) is 7.05 Å². The fourth-order valence-electron chi connectivity index (χ4n) is 2.83. The fraction of sp³-hybridized carbons (Fsp3) is 0.412. The van der Waals surface area contributed by atoms with Crippen LogP contribution in [0.15, 0.2) is 41.0 Å². The maximum atomic E-state index is 5.62. The highest BCUT2D eigenvalue weighted by Crippen LogP contribution is 2.37. The number of aryl methyl sites for hydroxylation is 1. The largest absolute Gasteiger partial charge is 0.467 e. The van der Waals surface area contributed by atoms with Crippen molar-refractivity contribution in [2.75, 3.05) is 7.05 Å². The number of benzene rings is 1. The van der Waals surface area contributed by atoms with E-state index in [-0.39, 0.29) is 6.04 Å². The summed E-state index contributed by atoms with van der Waals surface area (Å²) in [7, 11) is 1.98. The molecule has 1 aromatic heterocycles. The molecule has 1 fully saturated rings. The van der Waals surface area contributed by atoms with E-state index in [4.69, 9.17) is 4.42 Å². The summed E-state index contributed by atoms with van der Waals surface area (Å²) < 4.78 is 5.62. The first-order valence-electron chi connectivity index (χ1n) is 7.10. The van der Waals surface area contributed by atoms with Gasteiger partial charge in [0.25, 0.3) is 0 Å². The van der Waals surface area contributed by atoms with Crippen LogP contribution in [0.3, 0.4) is 0 Å². The lowest BCUT2D eigenvalue weighted by Gasteiger charge is -2.26. The summed E-state index contributed by atoms with van der Waals surface area (Å²) in [6.07, 6.45) is 5.85. The molecular formula is C17H21NO. The van der Waals surface area contributed by atoms with E-state index >= 15 is 0 Å². The Morgan fingerprint density at radius 1 is 1.16 bits per heavy atom. The molecule has 3 rings (SSSR count). The lowest BCUT2D eigenvalue weighted by atomic mass is 9.80. The molecule has 0 bridgehead atoms. The molecule has 0 spiro atoms. The zero-order valence-electron chi connectivity index (χ0n) is 11.6. The Hall–Kier alpha value is -1.54. The maximum Gasteiger partial charge on any atom is 0.128 e. The van der Waals surface area contributed by atoms with E-state index in [1.54, 1.807) is 6.26 Å². The first-order valence-corrected chi connectivity index (χ1v) is 7.10. The Balaban J connectivity index is 1.85. The number of hydrogen-bond acceptors (Lipinski definition) is 2. The smallest absolute Gasteiger partial charge is 0.128 e. The minimum absolute atomic E-state index is 0.144. The predicted molar refractivity (Wildman–Crippen MR) is 77.4 cm³/mol. The van der Waals surface area contributed by atoms with Gasteiger partial charge < -0.3 is 9.73 Å². The lowest BCUT2D eigenvalue weighted by Crippen LogP contribution is -2.18. The second-order valence-electron chi connectivity index (χ2n) is 5.48. The lowest BCUT2D eigenvalue weighted by molar-refractivity contribution is 0.419. The van der Waals surface area contributed by atoms with Crippen LogP contribution in [0.25, 0.3) is 0 Å². The van der Waals surface area contributed by atoms with Crippen molar-refractivity contribution in [3.05, 3.63) is 59.0 Å². The molecule has 0 amide bonds. The zero-order chi connectivity index (χ0) is 13.2. The minimum atomic E-state index is 0.144. The third kappa shape index (κ3) is 2.33. The van der Waals surface area contributed by atoms with Crippen molar-refractivity contribution in [1.29, 1.82) is 0 Å². The van der Waals surface area contributed by atoms with Gasteiger partial charge in [-0.05, 0) is 55.5 Å². The third-order valence-corrected chi connectivity index (χ3v) is 4.30. The molecule has 0 saturated heterocycles. The van der Waals surface area contributed by atoms with E-state index in [1.165, 1.54) is 36.0 Å². The molecule has 1 heterocycles. The number of rotatable bonds is 4. The number of nitrogens with one attached hydrogen (secondary N) is 1. The number of furan rings is 1. The monoisotopic (exact) mass is 255 g/mol. The second-order valence-corrected chi connectivity index (χ2v) is 5.48. The van der Waals surface area contributed by atoms with Gasteiger partial charge in [0, 0.05) is 0 Å². The molecule has 1 aromatic carbocycles. The van der Waals surface area contributed by atoms with Crippen molar-refractivity contribution in [3.8, 4) is 0 Å². The molecule has 0 radical (unpaired) electrons. The van der Waals surface area contributed by atoms with Crippen LogP contribution < -0.4 is 5.32 Å². The molecule has 2 aromatic rings. The van der Waals surface area contributed by atoms with E-state index in [0.29, 0.717) is 0 Å². The predicted octanol–water partition coefficient (Wildman–Crippen LogP) is 4.16. The molecule has 1 aliphatic carbocycles. The number of hydrogen-bond donors (Lipinski definition) is 1. The topological polar surface area (TPSA) is 25.2 Å². The zero-order valence-corrected chi connectivity index (χ0v) is 11.6. The Kier molecular flexibility index (Phi) is 3.43. The molecule has 100 valence electrons. The van der Waals surface area contributed by atoms with Gasteiger partial charge in [0.1, 0.15) is 5.76 Å². The van der Waals surface area contributed by atoms with Gasteiger partial charge in [-0.2, -0.15) is 0 Å². The van der Waals surface area contributed by atoms with Crippen molar-refractivity contribution < 1.29 is 4.42 Å². The molecule has 1 atom stereocenters. The summed E-state index contributed by atoms with van der Waals surface area (Å²) in [5.74, 6) is 1.81. The van der Waals surface area contributed by atoms with Crippen LogP contribution in [0.2, 0.25) is 0 Å². The van der Waals surface area contributed by atoms with Gasteiger partial charge in [-0.15, -0.1) is 0 Å². The van der Waals surface area contributed by atoms with Gasteiger partial charge in [0.15, 0.2) is 0 Å². The summed E-state index contributed by atoms with van der Waals surface area (Å²) >= 11 is 0. The quantitative estimate of drug-likeness (QED) is 0.887. The maximum absolute atomic E-state index is 5.62. The van der Waals surface area contributed by atoms with Gasteiger partial charge in [0.05, 0.1) is 12.3 Å². The van der Waals surface area contributed by atoms with Crippen molar-refractivity contribution >= 4 is 0 Å². The summed E-state index contributed by atoms with van der Waals surface area (Å²) in [4.78, 5) is 0. The summed E-state index contributed by atoms with van der Waals surface area (Å²) in [6.45, 7) is 2.09. The van der Waals surface area contributed by atoms with Gasteiger partial charge in [-0.3, -0.25) is 0 Å². The van der Waals surface area contributed by atoms with Gasteiger partial charge in [-0.25, -0.2) is 0 Å². The molecule has 2 nitrogen and oxygen atoms in total. The molecule has 1 saturated carbocycles. The van der Waals surface area contributed by atoms with E-state index in [2.05, 4.69) is 36.5 Å². The Labute approximate surface area is 114 Å². The summed E-state index contributed by atoms with van der Waals surface area (Å²) in [6, 6.07) is 11.2. The van der Waals surface area contributed by atoms with Gasteiger partial charge in [-0.1, -0.05) is 30.7 Å². The highest BCUT2D eigenvalue weighted by atomic mass is 16.3. The van der Waals surface area contributed by atoms with Crippen LogP contribution in [-0.2, 0) is 0 Å². The summed E-state index contributed by atoms with van der Waals surface area (Å²) in [5.41, 5.74) is 3.95. The molecule has 1 unspecified atom stereocenters. The molecule has 1 aliphatic rings. The molecule has 1 N–H and O–H groups in total.